The monoisotopic (exact) mass is 270 g/mol. The Balaban J connectivity index is 1.93. The van der Waals surface area contributed by atoms with Crippen molar-refractivity contribution in [1.29, 1.82) is 0 Å². The lowest BCUT2D eigenvalue weighted by atomic mass is 10.1. The third-order valence-corrected chi connectivity index (χ3v) is 3.00. The number of nitrogens with zero attached hydrogens (tertiary/aromatic N) is 2. The molecule has 0 bridgehead atoms. The van der Waals surface area contributed by atoms with Crippen LogP contribution in [0.5, 0.6) is 0 Å². The second kappa shape index (κ2) is 6.89. The Morgan fingerprint density at radius 1 is 1.00 bits per heavy atom. The number of hydrogen-bond acceptors (Lipinski definition) is 4. The Bertz CT molecular complexity index is 566. The summed E-state index contributed by atoms with van der Waals surface area (Å²) in [5, 5.41) is 6.57. The molecule has 0 fully saturated rings. The normalized spacial score (nSPS) is 10.3. The molecule has 0 saturated heterocycles. The summed E-state index contributed by atoms with van der Waals surface area (Å²) < 4.78 is 0. The van der Waals surface area contributed by atoms with E-state index in [-0.39, 0.29) is 0 Å². The summed E-state index contributed by atoms with van der Waals surface area (Å²) >= 11 is 0. The van der Waals surface area contributed by atoms with E-state index in [1.165, 1.54) is 11.1 Å². The molecule has 106 valence electrons. The summed E-state index contributed by atoms with van der Waals surface area (Å²) in [5.74, 6) is 2.53. The van der Waals surface area contributed by atoms with Crippen LogP contribution in [0.3, 0.4) is 0 Å². The number of benzene rings is 1. The zero-order chi connectivity index (χ0) is 14.4. The molecule has 0 radical (unpaired) electrons. The van der Waals surface area contributed by atoms with E-state index in [0.717, 1.165) is 37.0 Å². The van der Waals surface area contributed by atoms with Gasteiger partial charge >= 0.3 is 0 Å². The van der Waals surface area contributed by atoms with Gasteiger partial charge in [-0.1, -0.05) is 29.8 Å². The van der Waals surface area contributed by atoms with Crippen LogP contribution in [0, 0.1) is 13.8 Å². The molecule has 0 aliphatic heterocycles. The number of anilines is 2. The summed E-state index contributed by atoms with van der Waals surface area (Å²) in [5.41, 5.74) is 2.64. The van der Waals surface area contributed by atoms with E-state index in [9.17, 15) is 0 Å². The SMILES string of the molecule is CCNc1cc(NCCc2cccc(C)c2)nc(C)n1. The third kappa shape index (κ3) is 4.23. The molecule has 1 heterocycles. The van der Waals surface area contributed by atoms with Crippen molar-refractivity contribution in [2.75, 3.05) is 23.7 Å². The van der Waals surface area contributed by atoms with Crippen LogP contribution in [0.4, 0.5) is 11.6 Å². The molecule has 0 amide bonds. The molecule has 0 atom stereocenters. The average molecular weight is 270 g/mol. The van der Waals surface area contributed by atoms with Crippen LogP contribution >= 0.6 is 0 Å². The van der Waals surface area contributed by atoms with Gasteiger partial charge in [-0.15, -0.1) is 0 Å². The third-order valence-electron chi connectivity index (χ3n) is 3.00. The van der Waals surface area contributed by atoms with Crippen LogP contribution in [0.25, 0.3) is 0 Å². The molecule has 0 aliphatic rings. The highest BCUT2D eigenvalue weighted by Gasteiger charge is 2.01. The molecule has 0 spiro atoms. The smallest absolute Gasteiger partial charge is 0.131 e. The molecular formula is C16H22N4. The lowest BCUT2D eigenvalue weighted by Gasteiger charge is -2.09. The van der Waals surface area contributed by atoms with Crippen LogP contribution < -0.4 is 10.6 Å². The van der Waals surface area contributed by atoms with Crippen LogP contribution in [0.2, 0.25) is 0 Å². The highest BCUT2D eigenvalue weighted by atomic mass is 15.1. The van der Waals surface area contributed by atoms with Crippen molar-refractivity contribution in [3.63, 3.8) is 0 Å². The molecule has 1 aromatic heterocycles. The second-order valence-corrected chi connectivity index (χ2v) is 4.88. The van der Waals surface area contributed by atoms with E-state index in [4.69, 9.17) is 0 Å². The van der Waals surface area contributed by atoms with Crippen LogP contribution in [-0.2, 0) is 6.42 Å². The van der Waals surface area contributed by atoms with Crippen LogP contribution in [-0.4, -0.2) is 23.1 Å². The van der Waals surface area contributed by atoms with Gasteiger partial charge in [0.15, 0.2) is 0 Å². The molecule has 0 saturated carbocycles. The van der Waals surface area contributed by atoms with Gasteiger partial charge in [-0.2, -0.15) is 0 Å². The summed E-state index contributed by atoms with van der Waals surface area (Å²) in [6, 6.07) is 10.5. The Morgan fingerprint density at radius 3 is 2.45 bits per heavy atom. The highest BCUT2D eigenvalue weighted by Crippen LogP contribution is 2.11. The molecule has 2 aromatic rings. The molecule has 0 aliphatic carbocycles. The van der Waals surface area contributed by atoms with E-state index >= 15 is 0 Å². The zero-order valence-corrected chi connectivity index (χ0v) is 12.4. The predicted molar refractivity (Wildman–Crippen MR) is 84.3 cm³/mol. The van der Waals surface area contributed by atoms with Crippen LogP contribution in [0.1, 0.15) is 23.9 Å². The molecule has 20 heavy (non-hydrogen) atoms. The van der Waals surface area contributed by atoms with Crippen molar-refractivity contribution < 1.29 is 0 Å². The maximum atomic E-state index is 4.40. The minimum absolute atomic E-state index is 0.779. The van der Waals surface area contributed by atoms with E-state index < -0.39 is 0 Å². The lowest BCUT2D eigenvalue weighted by molar-refractivity contribution is 0.976. The summed E-state index contributed by atoms with van der Waals surface area (Å²) in [6.07, 6.45) is 0.987. The van der Waals surface area contributed by atoms with Gasteiger partial charge in [0, 0.05) is 19.2 Å². The lowest BCUT2D eigenvalue weighted by Crippen LogP contribution is -2.09. The van der Waals surface area contributed by atoms with Crippen molar-refractivity contribution in [3.05, 3.63) is 47.3 Å². The fraction of sp³-hybridized carbons (Fsp3) is 0.375. The molecule has 4 heteroatoms. The average Bonchev–Trinajstić information content (AvgIpc) is 2.38. The maximum Gasteiger partial charge on any atom is 0.131 e. The molecular weight excluding hydrogens is 248 g/mol. The van der Waals surface area contributed by atoms with Crippen molar-refractivity contribution in [2.24, 2.45) is 0 Å². The molecule has 1 aromatic carbocycles. The minimum Gasteiger partial charge on any atom is -0.370 e. The Kier molecular flexibility index (Phi) is 4.93. The topological polar surface area (TPSA) is 49.8 Å². The summed E-state index contributed by atoms with van der Waals surface area (Å²) in [7, 11) is 0. The van der Waals surface area contributed by atoms with E-state index in [0.29, 0.717) is 0 Å². The van der Waals surface area contributed by atoms with E-state index in [2.05, 4.69) is 58.7 Å². The molecule has 2 N–H and O–H groups in total. The van der Waals surface area contributed by atoms with Crippen LogP contribution in [0.15, 0.2) is 30.3 Å². The fourth-order valence-corrected chi connectivity index (χ4v) is 2.13. The largest absolute Gasteiger partial charge is 0.370 e. The van der Waals surface area contributed by atoms with Gasteiger partial charge in [0.25, 0.3) is 0 Å². The number of nitrogens with one attached hydrogen (secondary N) is 2. The standard InChI is InChI=1S/C16H22N4/c1-4-17-15-11-16(20-13(3)19-15)18-9-8-14-7-5-6-12(2)10-14/h5-7,10-11H,4,8-9H2,1-3H3,(H2,17,18,19,20). The minimum atomic E-state index is 0.779. The predicted octanol–water partition coefficient (Wildman–Crippen LogP) is 3.18. The first-order valence-electron chi connectivity index (χ1n) is 7.06. The Morgan fingerprint density at radius 2 is 1.75 bits per heavy atom. The quantitative estimate of drug-likeness (QED) is 0.846. The number of hydrogen-bond donors (Lipinski definition) is 2. The maximum absolute atomic E-state index is 4.40. The zero-order valence-electron chi connectivity index (χ0n) is 12.4. The number of aromatic nitrogens is 2. The summed E-state index contributed by atoms with van der Waals surface area (Å²) in [6.45, 7) is 7.81. The van der Waals surface area contributed by atoms with E-state index in [1.54, 1.807) is 0 Å². The van der Waals surface area contributed by atoms with Crippen molar-refractivity contribution in [1.82, 2.24) is 9.97 Å². The van der Waals surface area contributed by atoms with Gasteiger partial charge < -0.3 is 10.6 Å². The van der Waals surface area contributed by atoms with Gasteiger partial charge in [0.1, 0.15) is 17.5 Å². The van der Waals surface area contributed by atoms with E-state index in [1.807, 2.05) is 13.0 Å². The first-order valence-corrected chi connectivity index (χ1v) is 7.06. The van der Waals surface area contributed by atoms with Crippen molar-refractivity contribution >= 4 is 11.6 Å². The Labute approximate surface area is 120 Å². The highest BCUT2D eigenvalue weighted by molar-refractivity contribution is 5.47. The van der Waals surface area contributed by atoms with Gasteiger partial charge in [0.2, 0.25) is 0 Å². The second-order valence-electron chi connectivity index (χ2n) is 4.88. The first kappa shape index (κ1) is 14.3. The first-order chi connectivity index (χ1) is 9.67. The van der Waals surface area contributed by atoms with Crippen molar-refractivity contribution in [2.45, 2.75) is 27.2 Å². The van der Waals surface area contributed by atoms with Gasteiger partial charge in [-0.3, -0.25) is 0 Å². The fourth-order valence-electron chi connectivity index (χ4n) is 2.13. The number of rotatable bonds is 6. The van der Waals surface area contributed by atoms with Gasteiger partial charge in [-0.05, 0) is 32.8 Å². The summed E-state index contributed by atoms with van der Waals surface area (Å²) in [4.78, 5) is 8.74. The Hall–Kier alpha value is -2.10. The van der Waals surface area contributed by atoms with Crippen molar-refractivity contribution in [3.8, 4) is 0 Å². The van der Waals surface area contributed by atoms with Gasteiger partial charge in [0.05, 0.1) is 0 Å². The molecule has 4 nitrogen and oxygen atoms in total. The number of aryl methyl sites for hydroxylation is 2. The van der Waals surface area contributed by atoms with Gasteiger partial charge in [-0.25, -0.2) is 9.97 Å². The molecule has 0 unspecified atom stereocenters. The molecule has 2 rings (SSSR count).